The standard InChI is InChI=1S/C16H21ClN2O3/c1-15(2)16(7-11(16)9-22-15)19-14(20)18-13-5-4-12(17)6-10(13)8-21-3/h4-6,11H,7-9H2,1-3H3,(H2,18,19,20). The van der Waals surface area contributed by atoms with Crippen molar-refractivity contribution in [2.75, 3.05) is 19.0 Å². The highest BCUT2D eigenvalue weighted by Crippen LogP contribution is 2.57. The van der Waals surface area contributed by atoms with E-state index >= 15 is 0 Å². The van der Waals surface area contributed by atoms with Gasteiger partial charge in [0.1, 0.15) is 0 Å². The molecule has 2 aliphatic rings. The van der Waals surface area contributed by atoms with Crippen LogP contribution in [-0.4, -0.2) is 30.9 Å². The number of methoxy groups -OCH3 is 1. The molecule has 1 aromatic rings. The van der Waals surface area contributed by atoms with E-state index in [1.54, 1.807) is 25.3 Å². The first-order valence-corrected chi connectivity index (χ1v) is 7.76. The lowest BCUT2D eigenvalue weighted by molar-refractivity contribution is -0.00667. The molecule has 1 saturated heterocycles. The first-order valence-electron chi connectivity index (χ1n) is 7.38. The number of anilines is 1. The highest BCUT2D eigenvalue weighted by atomic mass is 35.5. The van der Waals surface area contributed by atoms with Gasteiger partial charge >= 0.3 is 6.03 Å². The monoisotopic (exact) mass is 324 g/mol. The second-order valence-electron chi connectivity index (χ2n) is 6.51. The Morgan fingerprint density at radius 1 is 1.50 bits per heavy atom. The number of ether oxygens (including phenoxy) is 2. The van der Waals surface area contributed by atoms with E-state index in [0.29, 0.717) is 29.8 Å². The van der Waals surface area contributed by atoms with Gasteiger partial charge in [0.25, 0.3) is 0 Å². The molecule has 0 radical (unpaired) electrons. The summed E-state index contributed by atoms with van der Waals surface area (Å²) in [4.78, 5) is 12.4. The molecule has 2 amide bonds. The van der Waals surface area contributed by atoms with Crippen LogP contribution in [0.4, 0.5) is 10.5 Å². The van der Waals surface area contributed by atoms with Crippen molar-refractivity contribution >= 4 is 23.3 Å². The smallest absolute Gasteiger partial charge is 0.319 e. The van der Waals surface area contributed by atoms with Gasteiger partial charge < -0.3 is 20.1 Å². The molecule has 1 aromatic carbocycles. The minimum Gasteiger partial charge on any atom is -0.380 e. The van der Waals surface area contributed by atoms with Gasteiger partial charge in [-0.3, -0.25) is 0 Å². The maximum Gasteiger partial charge on any atom is 0.319 e. The summed E-state index contributed by atoms with van der Waals surface area (Å²) in [5.74, 6) is 0.414. The molecule has 5 nitrogen and oxygen atoms in total. The summed E-state index contributed by atoms with van der Waals surface area (Å²) in [5.41, 5.74) is 0.973. The lowest BCUT2D eigenvalue weighted by atomic mass is 9.96. The van der Waals surface area contributed by atoms with Crippen molar-refractivity contribution in [1.29, 1.82) is 0 Å². The quantitative estimate of drug-likeness (QED) is 0.894. The van der Waals surface area contributed by atoms with Crippen LogP contribution in [0.5, 0.6) is 0 Å². The lowest BCUT2D eigenvalue weighted by Crippen LogP contribution is -2.52. The van der Waals surface area contributed by atoms with Crippen LogP contribution in [0.25, 0.3) is 0 Å². The van der Waals surface area contributed by atoms with Crippen LogP contribution in [-0.2, 0) is 16.1 Å². The summed E-state index contributed by atoms with van der Waals surface area (Å²) in [6.45, 7) is 5.15. The number of fused-ring (bicyclic) bond motifs is 1. The van der Waals surface area contributed by atoms with Crippen LogP contribution in [0, 0.1) is 5.92 Å². The third-order valence-electron chi connectivity index (χ3n) is 4.78. The number of halogens is 1. The Labute approximate surface area is 135 Å². The number of benzene rings is 1. The maximum absolute atomic E-state index is 12.4. The van der Waals surface area contributed by atoms with Gasteiger partial charge in [-0.2, -0.15) is 0 Å². The number of carbonyl (C=O) groups excluding carboxylic acids is 1. The molecule has 1 aliphatic heterocycles. The molecule has 6 heteroatoms. The first-order chi connectivity index (χ1) is 10.4. The molecule has 2 unspecified atom stereocenters. The first kappa shape index (κ1) is 15.6. The van der Waals surface area contributed by atoms with Crippen LogP contribution in [0.1, 0.15) is 25.8 Å². The van der Waals surface area contributed by atoms with Gasteiger partial charge in [0, 0.05) is 29.3 Å². The molecule has 0 spiro atoms. The van der Waals surface area contributed by atoms with Crippen molar-refractivity contribution in [1.82, 2.24) is 5.32 Å². The molecule has 1 heterocycles. The zero-order chi connectivity index (χ0) is 16.0. The number of hydrogen-bond donors (Lipinski definition) is 2. The Hall–Kier alpha value is -1.30. The number of rotatable bonds is 4. The topological polar surface area (TPSA) is 59.6 Å². The van der Waals surface area contributed by atoms with Crippen LogP contribution in [0.3, 0.4) is 0 Å². The normalized spacial score (nSPS) is 28.1. The van der Waals surface area contributed by atoms with Crippen molar-refractivity contribution in [3.63, 3.8) is 0 Å². The third kappa shape index (κ3) is 2.57. The molecule has 1 aliphatic carbocycles. The van der Waals surface area contributed by atoms with Crippen molar-refractivity contribution < 1.29 is 14.3 Å². The van der Waals surface area contributed by atoms with Crippen molar-refractivity contribution in [3.8, 4) is 0 Å². The number of urea groups is 1. The molecule has 3 rings (SSSR count). The van der Waals surface area contributed by atoms with Crippen LogP contribution >= 0.6 is 11.6 Å². The Kier molecular flexibility index (Phi) is 3.83. The molecule has 2 N–H and O–H groups in total. The molecule has 120 valence electrons. The van der Waals surface area contributed by atoms with Crippen molar-refractivity contribution in [2.45, 2.75) is 38.0 Å². The number of nitrogens with one attached hydrogen (secondary N) is 2. The Morgan fingerprint density at radius 2 is 2.27 bits per heavy atom. The average Bonchev–Trinajstić information content (AvgIpc) is 3.09. The fourth-order valence-electron chi connectivity index (χ4n) is 3.32. The van der Waals surface area contributed by atoms with Gasteiger partial charge in [0.15, 0.2) is 0 Å². The van der Waals surface area contributed by atoms with Crippen LogP contribution in [0.15, 0.2) is 18.2 Å². The van der Waals surface area contributed by atoms with Gasteiger partial charge in [0.2, 0.25) is 0 Å². The average molecular weight is 325 g/mol. The van der Waals surface area contributed by atoms with E-state index in [2.05, 4.69) is 10.6 Å². The number of hydrogen-bond acceptors (Lipinski definition) is 3. The van der Waals surface area contributed by atoms with E-state index < -0.39 is 0 Å². The van der Waals surface area contributed by atoms with E-state index in [1.165, 1.54) is 0 Å². The van der Waals surface area contributed by atoms with E-state index in [4.69, 9.17) is 21.1 Å². The van der Waals surface area contributed by atoms with E-state index in [9.17, 15) is 4.79 Å². The Balaban J connectivity index is 1.71. The molecule has 22 heavy (non-hydrogen) atoms. The second kappa shape index (κ2) is 5.41. The van der Waals surface area contributed by atoms with E-state index in [1.807, 2.05) is 13.8 Å². The maximum atomic E-state index is 12.4. The van der Waals surface area contributed by atoms with Crippen LogP contribution < -0.4 is 10.6 Å². The van der Waals surface area contributed by atoms with E-state index in [0.717, 1.165) is 12.0 Å². The van der Waals surface area contributed by atoms with Crippen molar-refractivity contribution in [2.24, 2.45) is 5.92 Å². The van der Waals surface area contributed by atoms with Gasteiger partial charge in [-0.05, 0) is 38.5 Å². The van der Waals surface area contributed by atoms with E-state index in [-0.39, 0.29) is 17.2 Å². The SMILES string of the molecule is COCc1cc(Cl)ccc1NC(=O)NC12CC1COC2(C)C. The lowest BCUT2D eigenvalue weighted by Gasteiger charge is -2.31. The molecular weight excluding hydrogens is 304 g/mol. The third-order valence-corrected chi connectivity index (χ3v) is 5.01. The highest BCUT2D eigenvalue weighted by Gasteiger charge is 2.69. The molecule has 0 aromatic heterocycles. The minimum absolute atomic E-state index is 0.222. The predicted molar refractivity (Wildman–Crippen MR) is 85.2 cm³/mol. The summed E-state index contributed by atoms with van der Waals surface area (Å²) in [7, 11) is 1.61. The Morgan fingerprint density at radius 3 is 2.86 bits per heavy atom. The van der Waals surface area contributed by atoms with Gasteiger partial charge in [0.05, 0.1) is 24.4 Å². The van der Waals surface area contributed by atoms with Crippen molar-refractivity contribution in [3.05, 3.63) is 28.8 Å². The molecule has 0 bridgehead atoms. The highest BCUT2D eigenvalue weighted by molar-refractivity contribution is 6.30. The minimum atomic E-state index is -0.329. The predicted octanol–water partition coefficient (Wildman–Crippen LogP) is 3.18. The summed E-state index contributed by atoms with van der Waals surface area (Å²) in [5, 5.41) is 6.61. The number of amides is 2. The fourth-order valence-corrected chi connectivity index (χ4v) is 3.52. The summed E-state index contributed by atoms with van der Waals surface area (Å²) < 4.78 is 10.9. The summed E-state index contributed by atoms with van der Waals surface area (Å²) >= 11 is 5.99. The zero-order valence-corrected chi connectivity index (χ0v) is 13.8. The van der Waals surface area contributed by atoms with Gasteiger partial charge in [-0.25, -0.2) is 4.79 Å². The number of carbonyl (C=O) groups is 1. The largest absolute Gasteiger partial charge is 0.380 e. The summed E-state index contributed by atoms with van der Waals surface area (Å²) in [6.07, 6.45) is 0.971. The second-order valence-corrected chi connectivity index (χ2v) is 6.94. The Bertz CT molecular complexity index is 605. The molecule has 2 atom stereocenters. The summed E-state index contributed by atoms with van der Waals surface area (Å²) in [6, 6.07) is 5.11. The van der Waals surface area contributed by atoms with Gasteiger partial charge in [-0.1, -0.05) is 11.6 Å². The zero-order valence-electron chi connectivity index (χ0n) is 13.0. The molecular formula is C16H21ClN2O3. The molecule has 1 saturated carbocycles. The van der Waals surface area contributed by atoms with Crippen LogP contribution in [0.2, 0.25) is 5.02 Å². The fraction of sp³-hybridized carbons (Fsp3) is 0.562. The molecule has 2 fully saturated rings. The van der Waals surface area contributed by atoms with Gasteiger partial charge in [-0.15, -0.1) is 0 Å².